The Morgan fingerprint density at radius 1 is 1.12 bits per heavy atom. The van der Waals surface area contributed by atoms with Crippen LogP contribution in [-0.4, -0.2) is 35.2 Å². The molecule has 0 amide bonds. The summed E-state index contributed by atoms with van der Waals surface area (Å²) in [6.07, 6.45) is 4.44. The summed E-state index contributed by atoms with van der Waals surface area (Å²) in [5.74, 6) is -0.866. The van der Waals surface area contributed by atoms with Gasteiger partial charge in [-0.1, -0.05) is 36.4 Å². The van der Waals surface area contributed by atoms with Gasteiger partial charge in [0.15, 0.2) is 0 Å². The van der Waals surface area contributed by atoms with Crippen LogP contribution >= 0.6 is 11.9 Å². The first-order valence-electron chi connectivity index (χ1n) is 8.46. The third kappa shape index (κ3) is 5.29. The molecule has 0 unspecified atom stereocenters. The van der Waals surface area contributed by atoms with E-state index in [0.29, 0.717) is 6.54 Å². The van der Waals surface area contributed by atoms with Crippen LogP contribution in [0.25, 0.3) is 10.8 Å². The smallest absolute Gasteiger partial charge is 0.322 e. The van der Waals surface area contributed by atoms with Gasteiger partial charge in [0.2, 0.25) is 0 Å². The van der Waals surface area contributed by atoms with Crippen LogP contribution in [0.5, 0.6) is 0 Å². The third-order valence-electron chi connectivity index (χ3n) is 4.01. The van der Waals surface area contributed by atoms with Crippen molar-refractivity contribution in [1.29, 1.82) is 0 Å². The van der Waals surface area contributed by atoms with E-state index >= 15 is 0 Å². The van der Waals surface area contributed by atoms with Gasteiger partial charge in [0.1, 0.15) is 6.04 Å². The van der Waals surface area contributed by atoms with Crippen molar-refractivity contribution in [2.24, 2.45) is 0 Å². The highest BCUT2D eigenvalue weighted by atomic mass is 32.2. The highest BCUT2D eigenvalue weighted by Crippen LogP contribution is 2.21. The van der Waals surface area contributed by atoms with Crippen LogP contribution in [-0.2, 0) is 11.2 Å². The number of aromatic nitrogens is 1. The van der Waals surface area contributed by atoms with Crippen LogP contribution in [0.3, 0.4) is 0 Å². The summed E-state index contributed by atoms with van der Waals surface area (Å²) in [6, 6.07) is 17.4. The normalized spacial score (nSPS) is 12.2. The van der Waals surface area contributed by atoms with Gasteiger partial charge in [-0.15, -0.1) is 0 Å². The van der Waals surface area contributed by atoms with Crippen LogP contribution in [0.15, 0.2) is 71.9 Å². The van der Waals surface area contributed by atoms with Crippen LogP contribution in [0, 0.1) is 0 Å². The fourth-order valence-corrected chi connectivity index (χ4v) is 3.35. The van der Waals surface area contributed by atoms with E-state index in [1.807, 2.05) is 48.7 Å². The predicted octanol–water partition coefficient (Wildman–Crippen LogP) is 3.12. The van der Waals surface area contributed by atoms with E-state index in [0.717, 1.165) is 28.6 Å². The molecule has 0 saturated heterocycles. The van der Waals surface area contributed by atoms with Crippen molar-refractivity contribution in [3.63, 3.8) is 0 Å². The maximum absolute atomic E-state index is 11.5. The monoisotopic (exact) mass is 367 g/mol. The van der Waals surface area contributed by atoms with E-state index in [1.54, 1.807) is 6.20 Å². The first kappa shape index (κ1) is 18.4. The molecule has 0 bridgehead atoms. The van der Waals surface area contributed by atoms with Crippen molar-refractivity contribution in [1.82, 2.24) is 15.0 Å². The number of pyridine rings is 1. The molecule has 1 heterocycles. The standard InChI is InChI=1S/C20H21N3O2S/c24-20(25)19(14-22-10-8-15-4-2-1-3-5-15)23-26-18-7-6-17-13-21-11-9-16(17)12-18/h1-7,9,11-13,19,22-23H,8,10,14H2,(H,24,25)/t19-/m0/s1. The highest BCUT2D eigenvalue weighted by molar-refractivity contribution is 7.97. The molecule has 2 aromatic carbocycles. The number of hydrogen-bond acceptors (Lipinski definition) is 5. The van der Waals surface area contributed by atoms with Crippen molar-refractivity contribution in [2.45, 2.75) is 17.4 Å². The van der Waals surface area contributed by atoms with Gasteiger partial charge in [0.25, 0.3) is 0 Å². The molecule has 5 nitrogen and oxygen atoms in total. The van der Waals surface area contributed by atoms with Gasteiger partial charge < -0.3 is 10.4 Å². The molecule has 0 radical (unpaired) electrons. The number of hydrogen-bond donors (Lipinski definition) is 3. The second-order valence-corrected chi connectivity index (χ2v) is 6.85. The Hall–Kier alpha value is -2.41. The first-order chi connectivity index (χ1) is 12.7. The summed E-state index contributed by atoms with van der Waals surface area (Å²) in [4.78, 5) is 16.5. The molecule has 3 aromatic rings. The second-order valence-electron chi connectivity index (χ2n) is 5.94. The molecule has 0 spiro atoms. The molecular weight excluding hydrogens is 346 g/mol. The van der Waals surface area contributed by atoms with Gasteiger partial charge >= 0.3 is 5.97 Å². The number of aliphatic carboxylic acids is 1. The van der Waals surface area contributed by atoms with Crippen LogP contribution in [0.4, 0.5) is 0 Å². The van der Waals surface area contributed by atoms with Crippen molar-refractivity contribution in [3.05, 3.63) is 72.6 Å². The fourth-order valence-electron chi connectivity index (χ4n) is 2.57. The molecule has 0 aliphatic rings. The summed E-state index contributed by atoms with van der Waals surface area (Å²) in [7, 11) is 0. The third-order valence-corrected chi connectivity index (χ3v) is 4.90. The van der Waals surface area contributed by atoms with E-state index in [4.69, 9.17) is 0 Å². The minimum absolute atomic E-state index is 0.368. The highest BCUT2D eigenvalue weighted by Gasteiger charge is 2.16. The van der Waals surface area contributed by atoms with Crippen molar-refractivity contribution < 1.29 is 9.90 Å². The second kappa shape index (κ2) is 9.33. The minimum Gasteiger partial charge on any atom is -0.480 e. The molecular formula is C20H21N3O2S. The summed E-state index contributed by atoms with van der Waals surface area (Å²) in [5.41, 5.74) is 1.24. The van der Waals surface area contributed by atoms with E-state index in [1.165, 1.54) is 17.5 Å². The molecule has 0 aliphatic carbocycles. The SMILES string of the molecule is O=C(O)[C@H](CNCCc1ccccc1)NSc1ccc2cnccc2c1. The zero-order valence-corrected chi connectivity index (χ0v) is 15.1. The summed E-state index contributed by atoms with van der Waals surface area (Å²) in [6.45, 7) is 1.11. The number of carboxylic acid groups (broad SMARTS) is 1. The van der Waals surface area contributed by atoms with Gasteiger partial charge in [0, 0.05) is 29.2 Å². The lowest BCUT2D eigenvalue weighted by atomic mass is 10.1. The molecule has 0 saturated carbocycles. The van der Waals surface area contributed by atoms with Gasteiger partial charge in [-0.3, -0.25) is 9.78 Å². The molecule has 1 atom stereocenters. The Kier molecular flexibility index (Phi) is 6.60. The van der Waals surface area contributed by atoms with E-state index < -0.39 is 12.0 Å². The fraction of sp³-hybridized carbons (Fsp3) is 0.200. The van der Waals surface area contributed by atoms with E-state index in [9.17, 15) is 9.90 Å². The quantitative estimate of drug-likeness (QED) is 0.399. The Bertz CT molecular complexity index is 858. The number of carboxylic acids is 1. The molecule has 0 fully saturated rings. The average molecular weight is 367 g/mol. The largest absolute Gasteiger partial charge is 0.480 e. The zero-order chi connectivity index (χ0) is 18.2. The number of fused-ring (bicyclic) bond motifs is 1. The van der Waals surface area contributed by atoms with Gasteiger partial charge in [0.05, 0.1) is 0 Å². The first-order valence-corrected chi connectivity index (χ1v) is 9.27. The predicted molar refractivity (Wildman–Crippen MR) is 105 cm³/mol. The lowest BCUT2D eigenvalue weighted by Crippen LogP contribution is -2.42. The van der Waals surface area contributed by atoms with Crippen molar-refractivity contribution >= 4 is 28.7 Å². The minimum atomic E-state index is -0.866. The number of benzene rings is 2. The van der Waals surface area contributed by atoms with Crippen LogP contribution < -0.4 is 10.0 Å². The average Bonchev–Trinajstić information content (AvgIpc) is 2.67. The molecule has 134 valence electrons. The zero-order valence-electron chi connectivity index (χ0n) is 14.3. The Morgan fingerprint density at radius 2 is 1.96 bits per heavy atom. The van der Waals surface area contributed by atoms with E-state index in [-0.39, 0.29) is 0 Å². The number of nitrogens with one attached hydrogen (secondary N) is 2. The Balaban J connectivity index is 1.49. The Labute approximate surface area is 157 Å². The molecule has 3 rings (SSSR count). The number of nitrogens with zero attached hydrogens (tertiary/aromatic N) is 1. The maximum Gasteiger partial charge on any atom is 0.322 e. The lowest BCUT2D eigenvalue weighted by Gasteiger charge is -2.15. The number of carbonyl (C=O) groups is 1. The van der Waals surface area contributed by atoms with Crippen LogP contribution in [0.2, 0.25) is 0 Å². The number of rotatable bonds is 9. The van der Waals surface area contributed by atoms with Gasteiger partial charge in [-0.05, 0) is 54.1 Å². The molecule has 0 aliphatic heterocycles. The van der Waals surface area contributed by atoms with E-state index in [2.05, 4.69) is 27.2 Å². The summed E-state index contributed by atoms with van der Waals surface area (Å²) >= 11 is 1.33. The summed E-state index contributed by atoms with van der Waals surface area (Å²) in [5, 5.41) is 14.8. The van der Waals surface area contributed by atoms with Crippen LogP contribution in [0.1, 0.15) is 5.56 Å². The Morgan fingerprint density at radius 3 is 2.77 bits per heavy atom. The summed E-state index contributed by atoms with van der Waals surface area (Å²) < 4.78 is 3.04. The molecule has 3 N–H and O–H groups in total. The molecule has 26 heavy (non-hydrogen) atoms. The molecule has 1 aromatic heterocycles. The van der Waals surface area contributed by atoms with Crippen molar-refractivity contribution in [3.8, 4) is 0 Å². The lowest BCUT2D eigenvalue weighted by molar-refractivity contribution is -0.138. The van der Waals surface area contributed by atoms with Gasteiger partial charge in [-0.25, -0.2) is 4.72 Å². The topological polar surface area (TPSA) is 74.2 Å². The molecule has 6 heteroatoms. The van der Waals surface area contributed by atoms with Gasteiger partial charge in [-0.2, -0.15) is 0 Å². The maximum atomic E-state index is 11.5. The van der Waals surface area contributed by atoms with Crippen molar-refractivity contribution in [2.75, 3.05) is 13.1 Å².